The smallest absolute Gasteiger partial charge is 0.250 e. The first-order valence-corrected chi connectivity index (χ1v) is 8.07. The summed E-state index contributed by atoms with van der Waals surface area (Å²) in [5, 5.41) is 3.28. The van der Waals surface area contributed by atoms with E-state index in [1.807, 2.05) is 35.2 Å². The zero-order valence-corrected chi connectivity index (χ0v) is 13.2. The van der Waals surface area contributed by atoms with Gasteiger partial charge in [-0.25, -0.2) is 0 Å². The molecule has 1 aliphatic carbocycles. The third kappa shape index (κ3) is 2.34. The van der Waals surface area contributed by atoms with E-state index in [2.05, 4.69) is 10.3 Å². The molecule has 0 amide bonds. The number of Topliss-reactive ketones (excluding diaryl/α,β-unsaturated/α-hetero) is 2. The van der Waals surface area contributed by atoms with Crippen LogP contribution in [0.2, 0.25) is 0 Å². The fourth-order valence-corrected chi connectivity index (χ4v) is 3.33. The Kier molecular flexibility index (Phi) is 3.70. The average Bonchev–Trinajstić information content (AvgIpc) is 2.66. The van der Waals surface area contributed by atoms with Crippen molar-refractivity contribution >= 4 is 17.1 Å². The van der Waals surface area contributed by atoms with Crippen LogP contribution < -0.4 is 5.32 Å². The number of aromatic nitrogens is 1. The van der Waals surface area contributed by atoms with Crippen molar-refractivity contribution in [3.63, 3.8) is 0 Å². The molecule has 0 saturated carbocycles. The monoisotopic (exact) mass is 319 g/mol. The minimum absolute atomic E-state index is 0.432. The molecule has 1 N–H and O–H groups in total. The first-order chi connectivity index (χ1) is 11.8. The van der Waals surface area contributed by atoms with Crippen molar-refractivity contribution in [2.45, 2.75) is 0 Å². The minimum atomic E-state index is -0.434. The van der Waals surface area contributed by atoms with Crippen LogP contribution in [0.5, 0.6) is 0 Å². The van der Waals surface area contributed by atoms with Crippen LogP contribution >= 0.6 is 0 Å². The molecule has 0 spiro atoms. The maximum Gasteiger partial charge on any atom is 0.250 e. The Labute approximate surface area is 140 Å². The molecule has 5 heteroatoms. The van der Waals surface area contributed by atoms with Gasteiger partial charge in [-0.05, 0) is 17.7 Å². The third-order valence-corrected chi connectivity index (χ3v) is 4.45. The number of fused-ring (bicyclic) bond motifs is 1. The van der Waals surface area contributed by atoms with Crippen molar-refractivity contribution in [1.29, 1.82) is 0 Å². The number of hydrogen-bond donors (Lipinski definition) is 1. The van der Waals surface area contributed by atoms with Gasteiger partial charge in [0.2, 0.25) is 11.6 Å². The van der Waals surface area contributed by atoms with E-state index in [4.69, 9.17) is 0 Å². The molecule has 1 aromatic heterocycles. The average molecular weight is 319 g/mol. The van der Waals surface area contributed by atoms with Gasteiger partial charge in [-0.2, -0.15) is 0 Å². The predicted molar refractivity (Wildman–Crippen MR) is 90.5 cm³/mol. The van der Waals surface area contributed by atoms with Crippen molar-refractivity contribution in [1.82, 2.24) is 15.2 Å². The normalized spacial score (nSPS) is 17.9. The van der Waals surface area contributed by atoms with Gasteiger partial charge in [0.1, 0.15) is 0 Å². The molecular formula is C19H17N3O2. The molecular weight excluding hydrogens is 302 g/mol. The largest absolute Gasteiger partial charge is 0.365 e. The second kappa shape index (κ2) is 6.02. The zero-order valence-electron chi connectivity index (χ0n) is 13.2. The lowest BCUT2D eigenvalue weighted by molar-refractivity contribution is -0.113. The third-order valence-electron chi connectivity index (χ3n) is 4.45. The van der Waals surface area contributed by atoms with Crippen LogP contribution in [0.15, 0.2) is 54.4 Å². The lowest BCUT2D eigenvalue weighted by Crippen LogP contribution is -2.46. The number of allylic oxidation sites excluding steroid dienone is 1. The van der Waals surface area contributed by atoms with Gasteiger partial charge < -0.3 is 10.2 Å². The van der Waals surface area contributed by atoms with E-state index in [1.54, 1.807) is 18.3 Å². The van der Waals surface area contributed by atoms with Crippen LogP contribution in [0.4, 0.5) is 0 Å². The van der Waals surface area contributed by atoms with Gasteiger partial charge in [-0.1, -0.05) is 30.3 Å². The number of ketones is 2. The zero-order chi connectivity index (χ0) is 16.5. The second-order valence-corrected chi connectivity index (χ2v) is 5.88. The lowest BCUT2D eigenvalue weighted by Gasteiger charge is -2.34. The van der Waals surface area contributed by atoms with Crippen LogP contribution in [-0.4, -0.2) is 47.6 Å². The maximum atomic E-state index is 12.9. The number of carbonyl (C=O) groups excluding carboxylic acids is 2. The number of nitrogens with zero attached hydrogens (tertiary/aromatic N) is 2. The van der Waals surface area contributed by atoms with Crippen LogP contribution in [0.1, 0.15) is 21.6 Å². The first kappa shape index (κ1) is 14.8. The fraction of sp³-hybridized carbons (Fsp3) is 0.211. The number of benzene rings is 1. The molecule has 0 unspecified atom stereocenters. The summed E-state index contributed by atoms with van der Waals surface area (Å²) in [7, 11) is 0. The molecule has 5 nitrogen and oxygen atoms in total. The van der Waals surface area contributed by atoms with E-state index < -0.39 is 11.6 Å². The molecule has 2 heterocycles. The molecule has 4 rings (SSSR count). The highest BCUT2D eigenvalue weighted by Gasteiger charge is 2.36. The predicted octanol–water partition coefficient (Wildman–Crippen LogP) is 1.51. The van der Waals surface area contributed by atoms with Crippen LogP contribution in [-0.2, 0) is 4.79 Å². The molecule has 120 valence electrons. The molecule has 2 aromatic rings. The van der Waals surface area contributed by atoms with Crippen molar-refractivity contribution in [3.8, 4) is 0 Å². The number of piperazine rings is 1. The summed E-state index contributed by atoms with van der Waals surface area (Å²) >= 11 is 0. The van der Waals surface area contributed by atoms with E-state index >= 15 is 0 Å². The minimum Gasteiger partial charge on any atom is -0.365 e. The number of pyridine rings is 1. The quantitative estimate of drug-likeness (QED) is 0.850. The Morgan fingerprint density at radius 2 is 1.58 bits per heavy atom. The lowest BCUT2D eigenvalue weighted by atomic mass is 9.84. The van der Waals surface area contributed by atoms with Gasteiger partial charge in [0.25, 0.3) is 0 Å². The number of carbonyl (C=O) groups is 2. The van der Waals surface area contributed by atoms with Crippen LogP contribution in [0, 0.1) is 0 Å². The highest BCUT2D eigenvalue weighted by molar-refractivity contribution is 6.52. The standard InChI is InChI=1S/C19H17N3O2/c23-18-14-6-2-1-5-13(14)16(15-7-3-4-8-21-15)17(19(18)24)22-11-9-20-10-12-22/h1-8,20H,9-12H2. The van der Waals surface area contributed by atoms with E-state index in [9.17, 15) is 9.59 Å². The van der Waals surface area contributed by atoms with Gasteiger partial charge in [0.05, 0.1) is 11.4 Å². The second-order valence-electron chi connectivity index (χ2n) is 5.88. The Morgan fingerprint density at radius 1 is 0.875 bits per heavy atom. The summed E-state index contributed by atoms with van der Waals surface area (Å²) in [5.41, 5.74) is 3.22. The van der Waals surface area contributed by atoms with Gasteiger partial charge in [0.15, 0.2) is 0 Å². The van der Waals surface area contributed by atoms with Crippen LogP contribution in [0.25, 0.3) is 5.57 Å². The molecule has 1 aliphatic heterocycles. The molecule has 24 heavy (non-hydrogen) atoms. The Bertz CT molecular complexity index is 837. The molecule has 1 saturated heterocycles. The Morgan fingerprint density at radius 3 is 2.29 bits per heavy atom. The van der Waals surface area contributed by atoms with Gasteiger partial charge >= 0.3 is 0 Å². The SMILES string of the molecule is O=C1C(=O)c2ccccc2C(c2ccccn2)=C1N1CCNCC1. The van der Waals surface area contributed by atoms with Crippen molar-refractivity contribution in [2.24, 2.45) is 0 Å². The summed E-state index contributed by atoms with van der Waals surface area (Å²) in [6.45, 7) is 2.99. The van der Waals surface area contributed by atoms with Gasteiger partial charge in [-0.15, -0.1) is 0 Å². The molecule has 0 radical (unpaired) electrons. The van der Waals surface area contributed by atoms with Crippen molar-refractivity contribution in [2.75, 3.05) is 26.2 Å². The summed E-state index contributed by atoms with van der Waals surface area (Å²) < 4.78 is 0. The highest BCUT2D eigenvalue weighted by atomic mass is 16.2. The summed E-state index contributed by atoms with van der Waals surface area (Å²) in [4.78, 5) is 31.9. The van der Waals surface area contributed by atoms with Gasteiger partial charge in [-0.3, -0.25) is 14.6 Å². The fourth-order valence-electron chi connectivity index (χ4n) is 3.33. The highest BCUT2D eigenvalue weighted by Crippen LogP contribution is 2.35. The molecule has 1 fully saturated rings. The van der Waals surface area contributed by atoms with E-state index in [0.717, 1.165) is 29.9 Å². The van der Waals surface area contributed by atoms with Crippen LogP contribution in [0.3, 0.4) is 0 Å². The molecule has 2 aliphatic rings. The van der Waals surface area contributed by atoms with E-state index in [1.165, 1.54) is 0 Å². The van der Waals surface area contributed by atoms with Gasteiger partial charge in [0, 0.05) is 43.5 Å². The molecule has 1 aromatic carbocycles. The number of rotatable bonds is 2. The van der Waals surface area contributed by atoms with Crippen molar-refractivity contribution < 1.29 is 9.59 Å². The van der Waals surface area contributed by atoms with E-state index in [0.29, 0.717) is 24.4 Å². The Balaban J connectivity index is 1.99. The molecule has 0 bridgehead atoms. The summed E-state index contributed by atoms with van der Waals surface area (Å²) in [6.07, 6.45) is 1.71. The topological polar surface area (TPSA) is 62.3 Å². The summed E-state index contributed by atoms with van der Waals surface area (Å²) in [5.74, 6) is -0.866. The maximum absolute atomic E-state index is 12.9. The first-order valence-electron chi connectivity index (χ1n) is 8.07. The summed E-state index contributed by atoms with van der Waals surface area (Å²) in [6, 6.07) is 12.9. The van der Waals surface area contributed by atoms with Crippen molar-refractivity contribution in [3.05, 3.63) is 71.2 Å². The number of hydrogen-bond acceptors (Lipinski definition) is 5. The molecule has 0 atom stereocenters. The Hall–Kier alpha value is -2.79. The van der Waals surface area contributed by atoms with E-state index in [-0.39, 0.29) is 0 Å². The number of nitrogens with one attached hydrogen (secondary N) is 1.